The monoisotopic (exact) mass is 465 g/mol. The highest BCUT2D eigenvalue weighted by molar-refractivity contribution is 7.15. The minimum atomic E-state index is -0.446. The maximum absolute atomic E-state index is 13.0. The van der Waals surface area contributed by atoms with Crippen molar-refractivity contribution in [3.63, 3.8) is 0 Å². The van der Waals surface area contributed by atoms with E-state index in [2.05, 4.69) is 10.1 Å². The number of rotatable bonds is 8. The Labute approximate surface area is 193 Å². The quantitative estimate of drug-likeness (QED) is 0.395. The zero-order chi connectivity index (χ0) is 23.4. The summed E-state index contributed by atoms with van der Waals surface area (Å²) in [5.74, 6) is 1.97. The molecule has 0 aliphatic rings. The van der Waals surface area contributed by atoms with Gasteiger partial charge in [-0.15, -0.1) is 0 Å². The van der Waals surface area contributed by atoms with Crippen LogP contribution in [0.15, 0.2) is 52.1 Å². The van der Waals surface area contributed by atoms with Gasteiger partial charge in [-0.3, -0.25) is 9.59 Å². The Morgan fingerprint density at radius 1 is 1.00 bits per heavy atom. The van der Waals surface area contributed by atoms with Crippen LogP contribution < -0.4 is 29.9 Å². The molecule has 0 fully saturated rings. The Hall–Kier alpha value is -3.72. The van der Waals surface area contributed by atoms with Crippen LogP contribution in [0, 0.1) is 0 Å². The lowest BCUT2D eigenvalue weighted by Gasteiger charge is -2.11. The van der Waals surface area contributed by atoms with E-state index in [9.17, 15) is 9.59 Å². The molecule has 9 heteroatoms. The minimum Gasteiger partial charge on any atom is -0.497 e. The van der Waals surface area contributed by atoms with Gasteiger partial charge in [0.2, 0.25) is 4.96 Å². The molecule has 4 aromatic rings. The van der Waals surface area contributed by atoms with Crippen molar-refractivity contribution in [2.24, 2.45) is 0 Å². The summed E-state index contributed by atoms with van der Waals surface area (Å²) in [7, 11) is 1.59. The van der Waals surface area contributed by atoms with Gasteiger partial charge in [-0.25, -0.2) is 0 Å². The van der Waals surface area contributed by atoms with E-state index in [0.29, 0.717) is 29.2 Å². The van der Waals surface area contributed by atoms with Gasteiger partial charge in [-0.1, -0.05) is 29.5 Å². The molecule has 0 atom stereocenters. The number of methoxy groups -OCH3 is 1. The lowest BCUT2D eigenvalue weighted by atomic mass is 10.1. The van der Waals surface area contributed by atoms with Gasteiger partial charge < -0.3 is 14.2 Å². The fraction of sp³-hybridized carbons (Fsp3) is 0.250. The van der Waals surface area contributed by atoms with Crippen LogP contribution in [-0.2, 0) is 6.42 Å². The molecule has 0 aliphatic carbocycles. The van der Waals surface area contributed by atoms with Crippen LogP contribution >= 0.6 is 11.3 Å². The van der Waals surface area contributed by atoms with Crippen molar-refractivity contribution in [2.45, 2.75) is 20.3 Å². The summed E-state index contributed by atoms with van der Waals surface area (Å²) >= 11 is 1.12. The van der Waals surface area contributed by atoms with Crippen molar-refractivity contribution in [3.05, 3.63) is 84.5 Å². The molecular formula is C24H23N3O5S. The van der Waals surface area contributed by atoms with E-state index in [4.69, 9.17) is 14.2 Å². The zero-order valence-electron chi connectivity index (χ0n) is 18.5. The van der Waals surface area contributed by atoms with Crippen LogP contribution in [0.2, 0.25) is 0 Å². The average molecular weight is 466 g/mol. The molecular weight excluding hydrogens is 442 g/mol. The lowest BCUT2D eigenvalue weighted by Crippen LogP contribution is -2.28. The molecule has 0 bridgehead atoms. The van der Waals surface area contributed by atoms with Crippen molar-refractivity contribution in [1.29, 1.82) is 0 Å². The molecule has 0 aliphatic heterocycles. The first-order chi connectivity index (χ1) is 16.0. The Morgan fingerprint density at radius 3 is 2.42 bits per heavy atom. The molecule has 0 saturated carbocycles. The summed E-state index contributed by atoms with van der Waals surface area (Å²) in [6.07, 6.45) is 2.00. The highest BCUT2D eigenvalue weighted by Crippen LogP contribution is 2.28. The molecule has 2 aromatic heterocycles. The standard InChI is InChI=1S/C24H23N3O5S/c1-4-31-19-11-8-16(13-20(19)32-5-2)14-21-23(29)27-24(33-21)25-22(28)18(26-27)12-15-6-9-17(30-3)10-7-15/h6-11,13-14H,4-5,12H2,1-3H3/b21-14+. The Bertz CT molecular complexity index is 1440. The van der Waals surface area contributed by atoms with Crippen molar-refractivity contribution >= 4 is 22.4 Å². The minimum absolute atomic E-state index is 0.207. The predicted molar refractivity (Wildman–Crippen MR) is 127 cm³/mol. The van der Waals surface area contributed by atoms with Gasteiger partial charge in [-0.2, -0.15) is 14.6 Å². The third-order valence-electron chi connectivity index (χ3n) is 4.85. The third kappa shape index (κ3) is 4.88. The van der Waals surface area contributed by atoms with Crippen LogP contribution in [0.4, 0.5) is 0 Å². The molecule has 0 N–H and O–H groups in total. The predicted octanol–water partition coefficient (Wildman–Crippen LogP) is 2.46. The van der Waals surface area contributed by atoms with E-state index < -0.39 is 5.56 Å². The molecule has 170 valence electrons. The fourth-order valence-electron chi connectivity index (χ4n) is 3.30. The summed E-state index contributed by atoms with van der Waals surface area (Å²) in [6.45, 7) is 4.81. The number of nitrogens with zero attached hydrogens (tertiary/aromatic N) is 3. The largest absolute Gasteiger partial charge is 0.497 e. The second kappa shape index (κ2) is 9.83. The normalized spacial score (nSPS) is 11.7. The Balaban J connectivity index is 1.72. The molecule has 0 spiro atoms. The van der Waals surface area contributed by atoms with Crippen molar-refractivity contribution < 1.29 is 14.2 Å². The molecule has 0 amide bonds. The topological polar surface area (TPSA) is 92.0 Å². The number of ether oxygens (including phenoxy) is 3. The first-order valence-electron chi connectivity index (χ1n) is 10.5. The summed E-state index contributed by atoms with van der Waals surface area (Å²) in [5, 5.41) is 4.30. The van der Waals surface area contributed by atoms with Gasteiger partial charge in [0.25, 0.3) is 11.1 Å². The molecule has 2 aromatic carbocycles. The van der Waals surface area contributed by atoms with Crippen molar-refractivity contribution in [2.75, 3.05) is 20.3 Å². The van der Waals surface area contributed by atoms with Gasteiger partial charge in [0.15, 0.2) is 11.5 Å². The second-order valence-electron chi connectivity index (χ2n) is 7.07. The Kier molecular flexibility index (Phi) is 6.69. The van der Waals surface area contributed by atoms with Gasteiger partial charge in [-0.05, 0) is 55.3 Å². The summed E-state index contributed by atoms with van der Waals surface area (Å²) in [5.41, 5.74) is 1.07. The van der Waals surface area contributed by atoms with E-state index in [1.54, 1.807) is 13.2 Å². The number of fused-ring (bicyclic) bond motifs is 1. The highest BCUT2D eigenvalue weighted by atomic mass is 32.1. The molecule has 0 saturated heterocycles. The summed E-state index contributed by atoms with van der Waals surface area (Å²) < 4.78 is 18.0. The average Bonchev–Trinajstić information content (AvgIpc) is 3.10. The van der Waals surface area contributed by atoms with Crippen LogP contribution in [-0.4, -0.2) is 34.9 Å². The number of benzene rings is 2. The maximum Gasteiger partial charge on any atom is 0.296 e. The van der Waals surface area contributed by atoms with Crippen LogP contribution in [0.3, 0.4) is 0 Å². The van der Waals surface area contributed by atoms with Crippen molar-refractivity contribution in [3.8, 4) is 17.2 Å². The fourth-order valence-corrected chi connectivity index (χ4v) is 4.20. The van der Waals surface area contributed by atoms with Gasteiger partial charge in [0.05, 0.1) is 24.9 Å². The molecule has 33 heavy (non-hydrogen) atoms. The third-order valence-corrected chi connectivity index (χ3v) is 5.81. The van der Waals surface area contributed by atoms with Gasteiger partial charge in [0, 0.05) is 6.42 Å². The lowest BCUT2D eigenvalue weighted by molar-refractivity contribution is 0.287. The highest BCUT2D eigenvalue weighted by Gasteiger charge is 2.12. The van der Waals surface area contributed by atoms with Gasteiger partial charge in [0.1, 0.15) is 11.4 Å². The smallest absolute Gasteiger partial charge is 0.296 e. The number of thiazole rings is 1. The molecule has 2 heterocycles. The number of hydrogen-bond donors (Lipinski definition) is 0. The number of hydrogen-bond acceptors (Lipinski definition) is 8. The molecule has 8 nitrogen and oxygen atoms in total. The van der Waals surface area contributed by atoms with E-state index in [-0.39, 0.29) is 22.6 Å². The second-order valence-corrected chi connectivity index (χ2v) is 8.08. The van der Waals surface area contributed by atoms with E-state index in [1.165, 1.54) is 4.52 Å². The van der Waals surface area contributed by atoms with Crippen LogP contribution in [0.25, 0.3) is 11.0 Å². The van der Waals surface area contributed by atoms with E-state index in [0.717, 1.165) is 28.2 Å². The Morgan fingerprint density at radius 2 is 1.73 bits per heavy atom. The van der Waals surface area contributed by atoms with E-state index >= 15 is 0 Å². The van der Waals surface area contributed by atoms with Gasteiger partial charge >= 0.3 is 0 Å². The summed E-state index contributed by atoms with van der Waals surface area (Å²) in [6, 6.07) is 12.8. The van der Waals surface area contributed by atoms with Crippen LogP contribution in [0.1, 0.15) is 30.7 Å². The molecule has 4 rings (SSSR count). The van der Waals surface area contributed by atoms with Crippen LogP contribution in [0.5, 0.6) is 17.2 Å². The zero-order valence-corrected chi connectivity index (χ0v) is 19.3. The van der Waals surface area contributed by atoms with E-state index in [1.807, 2.05) is 56.3 Å². The number of aromatic nitrogens is 3. The first kappa shape index (κ1) is 22.5. The molecule has 0 radical (unpaired) electrons. The maximum atomic E-state index is 13.0. The SMILES string of the molecule is CCOc1ccc(/C=c2/sc3nc(=O)c(Cc4ccc(OC)cc4)nn3c2=O)cc1OCC. The first-order valence-corrected chi connectivity index (χ1v) is 11.3. The van der Waals surface area contributed by atoms with Crippen molar-refractivity contribution in [1.82, 2.24) is 14.6 Å². The summed E-state index contributed by atoms with van der Waals surface area (Å²) in [4.78, 5) is 29.8. The molecule has 0 unspecified atom stereocenters.